The Morgan fingerprint density at radius 1 is 1.44 bits per heavy atom. The minimum atomic E-state index is -0.848. The summed E-state index contributed by atoms with van der Waals surface area (Å²) in [6, 6.07) is -0.204. The Morgan fingerprint density at radius 2 is 2.12 bits per heavy atom. The Balaban J connectivity index is 3.51. The molecule has 0 bridgehead atoms. The molecule has 2 amide bonds. The van der Waals surface area contributed by atoms with Crippen LogP contribution in [0.4, 0.5) is 4.79 Å². The first kappa shape index (κ1) is 14.7. The van der Waals surface area contributed by atoms with Crippen LogP contribution >= 0.6 is 0 Å². The molecule has 0 aliphatic heterocycles. The molecule has 0 spiro atoms. The third kappa shape index (κ3) is 8.05. The highest BCUT2D eigenvalue weighted by Gasteiger charge is 2.07. The summed E-state index contributed by atoms with van der Waals surface area (Å²) in [6.07, 6.45) is 0.517. The fraction of sp³-hybridized carbons (Fsp3) is 0.800. The lowest BCUT2D eigenvalue weighted by Crippen LogP contribution is -2.39. The van der Waals surface area contributed by atoms with Crippen molar-refractivity contribution >= 4 is 12.0 Å². The van der Waals surface area contributed by atoms with E-state index in [1.54, 1.807) is 7.05 Å². The molecule has 0 aromatic heterocycles. The Labute approximate surface area is 95.6 Å². The maximum atomic E-state index is 11.4. The van der Waals surface area contributed by atoms with Gasteiger partial charge in [-0.1, -0.05) is 0 Å². The van der Waals surface area contributed by atoms with E-state index in [4.69, 9.17) is 9.84 Å². The number of carbonyl (C=O) groups is 2. The first-order valence-electron chi connectivity index (χ1n) is 5.36. The molecule has 0 saturated heterocycles. The average Bonchev–Trinajstić information content (AvgIpc) is 2.24. The number of carbonyl (C=O) groups excluding carboxylic acids is 1. The lowest BCUT2D eigenvalue weighted by atomic mass is 10.3. The van der Waals surface area contributed by atoms with Crippen LogP contribution in [0.2, 0.25) is 0 Å². The van der Waals surface area contributed by atoms with Crippen molar-refractivity contribution in [3.63, 3.8) is 0 Å². The van der Waals surface area contributed by atoms with Crippen LogP contribution < -0.4 is 5.32 Å². The van der Waals surface area contributed by atoms with Crippen molar-refractivity contribution in [2.45, 2.75) is 19.8 Å². The first-order valence-corrected chi connectivity index (χ1v) is 5.36. The van der Waals surface area contributed by atoms with Gasteiger partial charge in [0.1, 0.15) is 0 Å². The Morgan fingerprint density at radius 3 is 2.69 bits per heavy atom. The minimum absolute atomic E-state index is 0.0724. The van der Waals surface area contributed by atoms with Crippen molar-refractivity contribution in [1.29, 1.82) is 0 Å². The van der Waals surface area contributed by atoms with E-state index in [0.717, 1.165) is 0 Å². The highest BCUT2D eigenvalue weighted by Crippen LogP contribution is 1.89. The van der Waals surface area contributed by atoms with Crippen molar-refractivity contribution in [1.82, 2.24) is 10.2 Å². The van der Waals surface area contributed by atoms with Gasteiger partial charge >= 0.3 is 12.0 Å². The van der Waals surface area contributed by atoms with Crippen LogP contribution in [-0.2, 0) is 9.53 Å². The number of amides is 2. The van der Waals surface area contributed by atoms with Crippen LogP contribution in [0.25, 0.3) is 0 Å². The van der Waals surface area contributed by atoms with E-state index in [2.05, 4.69) is 5.32 Å². The Kier molecular flexibility index (Phi) is 8.24. The SMILES string of the molecule is CCOCCN(C)C(=O)NCCCC(=O)O. The number of carboxylic acids is 1. The number of rotatable bonds is 8. The molecule has 6 heteroatoms. The molecule has 0 rings (SSSR count). The molecule has 0 aliphatic rings. The zero-order chi connectivity index (χ0) is 12.4. The standard InChI is InChI=1S/C10H20N2O4/c1-3-16-8-7-12(2)10(15)11-6-4-5-9(13)14/h3-8H2,1-2H3,(H,11,15)(H,13,14). The van der Waals surface area contributed by atoms with Gasteiger partial charge in [-0.05, 0) is 13.3 Å². The molecular formula is C10H20N2O4. The van der Waals surface area contributed by atoms with E-state index < -0.39 is 5.97 Å². The number of hydrogen-bond donors (Lipinski definition) is 2. The average molecular weight is 232 g/mol. The summed E-state index contributed by atoms with van der Waals surface area (Å²) in [5.41, 5.74) is 0. The first-order chi connectivity index (χ1) is 7.57. The topological polar surface area (TPSA) is 78.9 Å². The number of ether oxygens (including phenoxy) is 1. The van der Waals surface area contributed by atoms with Crippen LogP contribution in [0.1, 0.15) is 19.8 Å². The predicted molar refractivity (Wildman–Crippen MR) is 59.4 cm³/mol. The third-order valence-corrected chi connectivity index (χ3v) is 1.97. The highest BCUT2D eigenvalue weighted by molar-refractivity contribution is 5.73. The lowest BCUT2D eigenvalue weighted by Gasteiger charge is -2.17. The van der Waals surface area contributed by atoms with Crippen LogP contribution in [0.15, 0.2) is 0 Å². The van der Waals surface area contributed by atoms with Crippen LogP contribution in [0, 0.1) is 0 Å². The van der Waals surface area contributed by atoms with Gasteiger partial charge in [0.2, 0.25) is 0 Å². The Hall–Kier alpha value is -1.30. The molecule has 0 aliphatic carbocycles. The quantitative estimate of drug-likeness (QED) is 0.598. The second kappa shape index (κ2) is 8.96. The third-order valence-electron chi connectivity index (χ3n) is 1.97. The van der Waals surface area contributed by atoms with Crippen LogP contribution in [0.5, 0.6) is 0 Å². The van der Waals surface area contributed by atoms with Gasteiger partial charge in [0.25, 0.3) is 0 Å². The summed E-state index contributed by atoms with van der Waals surface area (Å²) in [5, 5.41) is 11.0. The molecule has 0 radical (unpaired) electrons. The molecule has 0 aromatic rings. The van der Waals surface area contributed by atoms with Crippen LogP contribution in [0.3, 0.4) is 0 Å². The van der Waals surface area contributed by atoms with E-state index in [9.17, 15) is 9.59 Å². The molecule has 94 valence electrons. The molecular weight excluding hydrogens is 212 g/mol. The second-order valence-corrected chi connectivity index (χ2v) is 3.35. The number of nitrogens with one attached hydrogen (secondary N) is 1. The van der Waals surface area contributed by atoms with Gasteiger partial charge in [0.05, 0.1) is 6.61 Å². The van der Waals surface area contributed by atoms with Crippen LogP contribution in [-0.4, -0.2) is 55.4 Å². The lowest BCUT2D eigenvalue weighted by molar-refractivity contribution is -0.137. The van der Waals surface area contributed by atoms with E-state index in [1.165, 1.54) is 4.90 Å². The predicted octanol–water partition coefficient (Wildman–Crippen LogP) is 0.529. The van der Waals surface area contributed by atoms with Gasteiger partial charge in [-0.15, -0.1) is 0 Å². The molecule has 0 saturated carbocycles. The van der Waals surface area contributed by atoms with Gasteiger partial charge in [-0.2, -0.15) is 0 Å². The van der Waals surface area contributed by atoms with E-state index in [-0.39, 0.29) is 12.5 Å². The fourth-order valence-electron chi connectivity index (χ4n) is 1.02. The van der Waals surface area contributed by atoms with Gasteiger partial charge in [-0.25, -0.2) is 4.79 Å². The monoisotopic (exact) mass is 232 g/mol. The molecule has 0 unspecified atom stereocenters. The number of urea groups is 1. The second-order valence-electron chi connectivity index (χ2n) is 3.35. The zero-order valence-electron chi connectivity index (χ0n) is 9.86. The molecule has 6 nitrogen and oxygen atoms in total. The summed E-state index contributed by atoms with van der Waals surface area (Å²) in [4.78, 5) is 23.1. The normalized spacial score (nSPS) is 9.88. The van der Waals surface area contributed by atoms with Crippen molar-refractivity contribution in [3.05, 3.63) is 0 Å². The Bertz CT molecular complexity index is 221. The highest BCUT2D eigenvalue weighted by atomic mass is 16.5. The van der Waals surface area contributed by atoms with Crippen molar-refractivity contribution in [3.8, 4) is 0 Å². The molecule has 0 aromatic carbocycles. The van der Waals surface area contributed by atoms with Crippen molar-refractivity contribution in [2.24, 2.45) is 0 Å². The van der Waals surface area contributed by atoms with Crippen molar-refractivity contribution in [2.75, 3.05) is 33.4 Å². The van der Waals surface area contributed by atoms with Crippen molar-refractivity contribution < 1.29 is 19.4 Å². The fourth-order valence-corrected chi connectivity index (χ4v) is 1.02. The number of aliphatic carboxylic acids is 1. The van der Waals surface area contributed by atoms with E-state index in [1.807, 2.05) is 6.92 Å². The molecule has 2 N–H and O–H groups in total. The molecule has 0 fully saturated rings. The summed E-state index contributed by atoms with van der Waals surface area (Å²) in [7, 11) is 1.67. The van der Waals surface area contributed by atoms with E-state index >= 15 is 0 Å². The van der Waals surface area contributed by atoms with E-state index in [0.29, 0.717) is 32.7 Å². The maximum absolute atomic E-state index is 11.4. The number of likely N-dealkylation sites (N-methyl/N-ethyl adjacent to an activating group) is 1. The van der Waals surface area contributed by atoms with Gasteiger partial charge in [0.15, 0.2) is 0 Å². The maximum Gasteiger partial charge on any atom is 0.317 e. The molecule has 16 heavy (non-hydrogen) atoms. The zero-order valence-corrected chi connectivity index (χ0v) is 9.86. The summed E-state index contributed by atoms with van der Waals surface area (Å²) >= 11 is 0. The minimum Gasteiger partial charge on any atom is -0.481 e. The summed E-state index contributed by atoms with van der Waals surface area (Å²) < 4.78 is 5.11. The number of hydrogen-bond acceptors (Lipinski definition) is 3. The molecule has 0 atom stereocenters. The van der Waals surface area contributed by atoms with Gasteiger partial charge < -0.3 is 20.1 Å². The van der Waals surface area contributed by atoms with Gasteiger partial charge in [0, 0.05) is 33.2 Å². The largest absolute Gasteiger partial charge is 0.481 e. The number of carboxylic acid groups (broad SMARTS) is 1. The summed E-state index contributed by atoms with van der Waals surface area (Å²) in [6.45, 7) is 3.94. The smallest absolute Gasteiger partial charge is 0.317 e. The summed E-state index contributed by atoms with van der Waals surface area (Å²) in [5.74, 6) is -0.848. The number of nitrogens with zero attached hydrogens (tertiary/aromatic N) is 1. The van der Waals surface area contributed by atoms with Gasteiger partial charge in [-0.3, -0.25) is 4.79 Å². The molecule has 0 heterocycles.